The van der Waals surface area contributed by atoms with E-state index in [0.717, 1.165) is 34.9 Å². The minimum Gasteiger partial charge on any atom is -0.322 e. The van der Waals surface area contributed by atoms with Gasteiger partial charge in [-0.05, 0) is 59.5 Å². The number of hydrogen-bond donors (Lipinski definition) is 1. The minimum atomic E-state index is -3.31. The highest BCUT2D eigenvalue weighted by atomic mass is 32.2. The van der Waals surface area contributed by atoms with Crippen LogP contribution in [-0.2, 0) is 16.4 Å². The molecule has 1 heterocycles. The Morgan fingerprint density at radius 3 is 2.56 bits per heavy atom. The van der Waals surface area contributed by atoms with Crippen molar-refractivity contribution in [2.75, 3.05) is 22.4 Å². The fourth-order valence-electron chi connectivity index (χ4n) is 3.52. The second-order valence-corrected chi connectivity index (χ2v) is 8.71. The van der Waals surface area contributed by atoms with Crippen LogP contribution in [0, 0.1) is 0 Å². The number of hydrogen-bond acceptors (Lipinski definition) is 3. The Morgan fingerprint density at radius 1 is 1.00 bits per heavy atom. The number of rotatable bonds is 3. The van der Waals surface area contributed by atoms with Crippen LogP contribution in [0.4, 0.5) is 11.4 Å². The van der Waals surface area contributed by atoms with Gasteiger partial charge in [-0.2, -0.15) is 0 Å². The maximum absolute atomic E-state index is 12.7. The lowest BCUT2D eigenvalue weighted by molar-refractivity contribution is 0.102. The summed E-state index contributed by atoms with van der Waals surface area (Å²) in [6, 6.07) is 19.0. The van der Waals surface area contributed by atoms with Crippen molar-refractivity contribution in [3.63, 3.8) is 0 Å². The maximum Gasteiger partial charge on any atom is 0.255 e. The van der Waals surface area contributed by atoms with Gasteiger partial charge in [0.05, 0.1) is 11.9 Å². The molecule has 0 radical (unpaired) electrons. The molecule has 0 saturated heterocycles. The SMILES string of the molecule is CS(=O)(=O)N1CCCc2cc(C(=O)Nc3ccc4ccccc4c3)ccc21. The molecule has 0 bridgehead atoms. The van der Waals surface area contributed by atoms with E-state index in [2.05, 4.69) is 5.32 Å². The Morgan fingerprint density at radius 2 is 1.78 bits per heavy atom. The van der Waals surface area contributed by atoms with Crippen LogP contribution in [-0.4, -0.2) is 27.1 Å². The molecular weight excluding hydrogens is 360 g/mol. The van der Waals surface area contributed by atoms with Crippen LogP contribution in [0.25, 0.3) is 10.8 Å². The van der Waals surface area contributed by atoms with Crippen molar-refractivity contribution in [2.24, 2.45) is 0 Å². The molecule has 1 amide bonds. The van der Waals surface area contributed by atoms with Gasteiger partial charge in [-0.25, -0.2) is 8.42 Å². The molecule has 0 spiro atoms. The van der Waals surface area contributed by atoms with Crippen LogP contribution >= 0.6 is 0 Å². The Bertz CT molecular complexity index is 1140. The first-order valence-corrected chi connectivity index (χ1v) is 10.7. The Kier molecular flexibility index (Phi) is 4.36. The molecule has 138 valence electrons. The van der Waals surface area contributed by atoms with Crippen molar-refractivity contribution in [2.45, 2.75) is 12.8 Å². The molecule has 3 aromatic carbocycles. The van der Waals surface area contributed by atoms with Gasteiger partial charge in [-0.1, -0.05) is 30.3 Å². The number of fused-ring (bicyclic) bond motifs is 2. The standard InChI is InChI=1S/C21H20N2O3S/c1-27(25,26)23-12-4-7-17-13-18(9-11-20(17)23)21(24)22-19-10-8-15-5-2-3-6-16(15)14-19/h2-3,5-6,8-11,13-14H,4,7,12H2,1H3,(H,22,24). The van der Waals surface area contributed by atoms with Gasteiger partial charge in [0.15, 0.2) is 0 Å². The highest BCUT2D eigenvalue weighted by molar-refractivity contribution is 7.92. The van der Waals surface area contributed by atoms with Gasteiger partial charge in [0.1, 0.15) is 0 Å². The topological polar surface area (TPSA) is 66.5 Å². The van der Waals surface area contributed by atoms with Gasteiger partial charge in [0, 0.05) is 17.8 Å². The monoisotopic (exact) mass is 380 g/mol. The molecule has 0 atom stereocenters. The molecule has 1 aliphatic heterocycles. The summed E-state index contributed by atoms with van der Waals surface area (Å²) in [5.41, 5.74) is 2.82. The van der Waals surface area contributed by atoms with Gasteiger partial charge in [-0.15, -0.1) is 0 Å². The summed E-state index contributed by atoms with van der Waals surface area (Å²) >= 11 is 0. The Labute approximate surface area is 158 Å². The predicted molar refractivity (Wildman–Crippen MR) is 109 cm³/mol. The molecule has 1 aliphatic rings. The van der Waals surface area contributed by atoms with Gasteiger partial charge in [0.25, 0.3) is 5.91 Å². The average Bonchev–Trinajstić information content (AvgIpc) is 2.66. The zero-order valence-corrected chi connectivity index (χ0v) is 15.8. The predicted octanol–water partition coefficient (Wildman–Crippen LogP) is 3.80. The highest BCUT2D eigenvalue weighted by Gasteiger charge is 2.24. The number of sulfonamides is 1. The molecular formula is C21H20N2O3S. The summed E-state index contributed by atoms with van der Waals surface area (Å²) < 4.78 is 25.3. The van der Waals surface area contributed by atoms with Crippen molar-refractivity contribution < 1.29 is 13.2 Å². The molecule has 6 heteroatoms. The number of aryl methyl sites for hydroxylation is 1. The van der Waals surface area contributed by atoms with E-state index < -0.39 is 10.0 Å². The number of amides is 1. The molecule has 0 aliphatic carbocycles. The first kappa shape index (κ1) is 17.5. The quantitative estimate of drug-likeness (QED) is 0.751. The number of carbonyl (C=O) groups is 1. The number of anilines is 2. The summed E-state index contributed by atoms with van der Waals surface area (Å²) in [6.45, 7) is 0.481. The van der Waals surface area contributed by atoms with Crippen molar-refractivity contribution in [3.8, 4) is 0 Å². The van der Waals surface area contributed by atoms with E-state index in [1.807, 2.05) is 42.5 Å². The van der Waals surface area contributed by atoms with E-state index in [0.29, 0.717) is 17.8 Å². The van der Waals surface area contributed by atoms with Gasteiger partial charge >= 0.3 is 0 Å². The highest BCUT2D eigenvalue weighted by Crippen LogP contribution is 2.30. The van der Waals surface area contributed by atoms with Crippen LogP contribution in [0.2, 0.25) is 0 Å². The molecule has 27 heavy (non-hydrogen) atoms. The molecule has 0 saturated carbocycles. The molecule has 0 aromatic heterocycles. The summed E-state index contributed by atoms with van der Waals surface area (Å²) in [5.74, 6) is -0.204. The zero-order chi connectivity index (χ0) is 19.0. The van der Waals surface area contributed by atoms with Crippen LogP contribution in [0.15, 0.2) is 60.7 Å². The lowest BCUT2D eigenvalue weighted by Crippen LogP contribution is -2.34. The fraction of sp³-hybridized carbons (Fsp3) is 0.190. The first-order chi connectivity index (χ1) is 12.9. The third-order valence-electron chi connectivity index (χ3n) is 4.83. The summed E-state index contributed by atoms with van der Waals surface area (Å²) in [7, 11) is -3.31. The smallest absolute Gasteiger partial charge is 0.255 e. The largest absolute Gasteiger partial charge is 0.322 e. The van der Waals surface area contributed by atoms with Crippen molar-refractivity contribution in [1.82, 2.24) is 0 Å². The Balaban J connectivity index is 1.60. The Hall–Kier alpha value is -2.86. The van der Waals surface area contributed by atoms with E-state index in [9.17, 15) is 13.2 Å². The second kappa shape index (κ2) is 6.70. The molecule has 4 rings (SSSR count). The van der Waals surface area contributed by atoms with E-state index in [1.165, 1.54) is 10.6 Å². The van der Waals surface area contributed by atoms with Crippen molar-refractivity contribution in [1.29, 1.82) is 0 Å². The minimum absolute atomic E-state index is 0.204. The van der Waals surface area contributed by atoms with Gasteiger partial charge in [-0.3, -0.25) is 9.10 Å². The summed E-state index contributed by atoms with van der Waals surface area (Å²) in [6.07, 6.45) is 2.72. The van der Waals surface area contributed by atoms with Crippen LogP contribution in [0.1, 0.15) is 22.3 Å². The summed E-state index contributed by atoms with van der Waals surface area (Å²) in [4.78, 5) is 12.7. The average molecular weight is 380 g/mol. The lowest BCUT2D eigenvalue weighted by atomic mass is 10.0. The maximum atomic E-state index is 12.7. The first-order valence-electron chi connectivity index (χ1n) is 8.83. The molecule has 0 fully saturated rings. The molecule has 3 aromatic rings. The number of nitrogens with one attached hydrogen (secondary N) is 1. The van der Waals surface area contributed by atoms with E-state index in [1.54, 1.807) is 18.2 Å². The second-order valence-electron chi connectivity index (χ2n) is 6.80. The normalized spacial score (nSPS) is 14.0. The number of benzene rings is 3. The third-order valence-corrected chi connectivity index (χ3v) is 6.01. The van der Waals surface area contributed by atoms with E-state index >= 15 is 0 Å². The number of carbonyl (C=O) groups excluding carboxylic acids is 1. The molecule has 5 nitrogen and oxygen atoms in total. The van der Waals surface area contributed by atoms with Gasteiger partial charge in [0.2, 0.25) is 10.0 Å². The summed E-state index contributed by atoms with van der Waals surface area (Å²) in [5, 5.41) is 5.10. The molecule has 0 unspecified atom stereocenters. The third kappa shape index (κ3) is 3.53. The van der Waals surface area contributed by atoms with E-state index in [-0.39, 0.29) is 5.91 Å². The fourth-order valence-corrected chi connectivity index (χ4v) is 4.51. The van der Waals surface area contributed by atoms with Crippen molar-refractivity contribution in [3.05, 3.63) is 71.8 Å². The van der Waals surface area contributed by atoms with Gasteiger partial charge < -0.3 is 5.32 Å². The van der Waals surface area contributed by atoms with E-state index in [4.69, 9.17) is 0 Å². The van der Waals surface area contributed by atoms with Crippen LogP contribution in [0.3, 0.4) is 0 Å². The number of nitrogens with zero attached hydrogens (tertiary/aromatic N) is 1. The van der Waals surface area contributed by atoms with Crippen LogP contribution < -0.4 is 9.62 Å². The lowest BCUT2D eigenvalue weighted by Gasteiger charge is -2.29. The molecule has 1 N–H and O–H groups in total. The van der Waals surface area contributed by atoms with Crippen LogP contribution in [0.5, 0.6) is 0 Å². The van der Waals surface area contributed by atoms with Crippen molar-refractivity contribution >= 4 is 38.1 Å². The zero-order valence-electron chi connectivity index (χ0n) is 15.0.